The van der Waals surface area contributed by atoms with E-state index in [4.69, 9.17) is 5.11 Å². The molecule has 3 N–H and O–H groups in total. The molecule has 0 saturated heterocycles. The van der Waals surface area contributed by atoms with Crippen LogP contribution in [0.1, 0.15) is 10.4 Å². The lowest BCUT2D eigenvalue weighted by molar-refractivity contribution is -0.135. The minimum absolute atomic E-state index is 0.0713. The van der Waals surface area contributed by atoms with Crippen LogP contribution in [0, 0.1) is 0 Å². The van der Waals surface area contributed by atoms with Crippen molar-refractivity contribution >= 4 is 27.8 Å². The third-order valence-electron chi connectivity index (χ3n) is 1.61. The summed E-state index contributed by atoms with van der Waals surface area (Å²) in [7, 11) is 0. The van der Waals surface area contributed by atoms with Crippen molar-refractivity contribution in [2.45, 2.75) is 0 Å². The Bertz CT molecular complexity index is 405. The number of hydrogen-bond donors (Lipinski definition) is 3. The van der Waals surface area contributed by atoms with E-state index in [0.717, 1.165) is 0 Å². The zero-order chi connectivity index (χ0) is 11.4. The first kappa shape index (κ1) is 11.5. The fourth-order valence-electron chi connectivity index (χ4n) is 0.912. The van der Waals surface area contributed by atoms with E-state index in [1.807, 2.05) is 0 Å². The Morgan fingerprint density at radius 1 is 1.40 bits per heavy atom. The Morgan fingerprint density at radius 3 is 2.60 bits per heavy atom. The van der Waals surface area contributed by atoms with Crippen molar-refractivity contribution in [3.8, 4) is 5.75 Å². The highest BCUT2D eigenvalue weighted by molar-refractivity contribution is 9.10. The number of carbonyl (C=O) groups excluding carboxylic acids is 1. The van der Waals surface area contributed by atoms with E-state index in [1.165, 1.54) is 18.2 Å². The van der Waals surface area contributed by atoms with Gasteiger partial charge in [-0.1, -0.05) is 0 Å². The minimum atomic E-state index is -1.12. The fraction of sp³-hybridized carbons (Fsp3) is 0.111. The number of phenols is 1. The summed E-state index contributed by atoms with van der Waals surface area (Å²) in [5, 5.41) is 19.8. The number of carboxylic acids is 1. The van der Waals surface area contributed by atoms with E-state index in [-0.39, 0.29) is 11.3 Å². The van der Waals surface area contributed by atoms with Crippen LogP contribution in [-0.2, 0) is 4.79 Å². The van der Waals surface area contributed by atoms with Crippen LogP contribution in [0.25, 0.3) is 0 Å². The Kier molecular flexibility index (Phi) is 3.68. The van der Waals surface area contributed by atoms with Crippen LogP contribution in [0.3, 0.4) is 0 Å². The molecule has 0 bridgehead atoms. The largest absolute Gasteiger partial charge is 0.507 e. The van der Waals surface area contributed by atoms with Crippen LogP contribution in [0.2, 0.25) is 0 Å². The molecule has 1 aromatic rings. The molecule has 0 aliphatic carbocycles. The lowest BCUT2D eigenvalue weighted by Gasteiger charge is -2.03. The van der Waals surface area contributed by atoms with Crippen LogP contribution in [0.5, 0.6) is 5.75 Å². The second-order valence-corrected chi connectivity index (χ2v) is 3.60. The van der Waals surface area contributed by atoms with Gasteiger partial charge >= 0.3 is 5.97 Å². The first-order chi connectivity index (χ1) is 7.00. The fourth-order valence-corrected chi connectivity index (χ4v) is 1.16. The van der Waals surface area contributed by atoms with Crippen LogP contribution < -0.4 is 5.32 Å². The van der Waals surface area contributed by atoms with Crippen molar-refractivity contribution in [2.24, 2.45) is 0 Å². The molecule has 1 aromatic carbocycles. The van der Waals surface area contributed by atoms with Gasteiger partial charge in [0.25, 0.3) is 5.91 Å². The second-order valence-electron chi connectivity index (χ2n) is 2.74. The van der Waals surface area contributed by atoms with Crippen molar-refractivity contribution < 1.29 is 19.8 Å². The lowest BCUT2D eigenvalue weighted by Crippen LogP contribution is -2.29. The summed E-state index contributed by atoms with van der Waals surface area (Å²) in [6.07, 6.45) is 0. The zero-order valence-corrected chi connectivity index (χ0v) is 9.11. The Labute approximate surface area is 93.9 Å². The summed E-state index contributed by atoms with van der Waals surface area (Å²) in [5.74, 6) is -1.73. The highest BCUT2D eigenvalue weighted by atomic mass is 79.9. The molecular weight excluding hydrogens is 266 g/mol. The number of nitrogens with one attached hydrogen (secondary N) is 1. The topological polar surface area (TPSA) is 86.6 Å². The maximum absolute atomic E-state index is 11.3. The number of benzene rings is 1. The summed E-state index contributed by atoms with van der Waals surface area (Å²) in [6, 6.07) is 4.23. The number of phenolic OH excluding ortho intramolecular Hbond substituents is 1. The third-order valence-corrected chi connectivity index (χ3v) is 2.28. The van der Waals surface area contributed by atoms with Gasteiger partial charge in [0.15, 0.2) is 0 Å². The molecule has 0 unspecified atom stereocenters. The van der Waals surface area contributed by atoms with Crippen LogP contribution in [-0.4, -0.2) is 28.6 Å². The van der Waals surface area contributed by atoms with Gasteiger partial charge in [0, 0.05) is 5.56 Å². The van der Waals surface area contributed by atoms with Crippen molar-refractivity contribution in [1.29, 1.82) is 0 Å². The van der Waals surface area contributed by atoms with Gasteiger partial charge in [0.1, 0.15) is 12.3 Å². The van der Waals surface area contributed by atoms with Gasteiger partial charge in [-0.15, -0.1) is 0 Å². The predicted octanol–water partition coefficient (Wildman–Crippen LogP) is 0.969. The third kappa shape index (κ3) is 3.25. The van der Waals surface area contributed by atoms with Gasteiger partial charge in [-0.05, 0) is 34.1 Å². The summed E-state index contributed by atoms with van der Waals surface area (Å²) >= 11 is 3.06. The van der Waals surface area contributed by atoms with Gasteiger partial charge in [0.05, 0.1) is 4.47 Å². The van der Waals surface area contributed by atoms with Crippen molar-refractivity contribution in [1.82, 2.24) is 5.32 Å². The number of aliphatic carboxylic acids is 1. The average Bonchev–Trinajstić information content (AvgIpc) is 2.18. The van der Waals surface area contributed by atoms with E-state index in [1.54, 1.807) is 0 Å². The summed E-state index contributed by atoms with van der Waals surface area (Å²) in [4.78, 5) is 21.5. The molecule has 6 heteroatoms. The van der Waals surface area contributed by atoms with E-state index in [2.05, 4.69) is 21.2 Å². The zero-order valence-electron chi connectivity index (χ0n) is 7.53. The molecule has 80 valence electrons. The monoisotopic (exact) mass is 273 g/mol. The normalized spacial score (nSPS) is 9.67. The standard InChI is InChI=1S/C9H8BrNO4/c10-6-2-1-5(3-7(6)12)9(15)11-4-8(13)14/h1-3,12H,4H2,(H,11,15)(H,13,14). The number of hydrogen-bond acceptors (Lipinski definition) is 3. The maximum atomic E-state index is 11.3. The van der Waals surface area contributed by atoms with Gasteiger partial charge < -0.3 is 15.5 Å². The molecule has 0 aromatic heterocycles. The molecular formula is C9H8BrNO4. The van der Waals surface area contributed by atoms with Crippen molar-refractivity contribution in [2.75, 3.05) is 6.54 Å². The molecule has 0 heterocycles. The minimum Gasteiger partial charge on any atom is -0.507 e. The van der Waals surface area contributed by atoms with Gasteiger partial charge in [-0.2, -0.15) is 0 Å². The number of amides is 1. The summed E-state index contributed by atoms with van der Waals surface area (Å²) in [5.41, 5.74) is 0.206. The molecule has 0 saturated carbocycles. The quantitative estimate of drug-likeness (QED) is 0.766. The highest BCUT2D eigenvalue weighted by Crippen LogP contribution is 2.24. The second kappa shape index (κ2) is 4.79. The molecule has 0 atom stereocenters. The molecule has 5 nitrogen and oxygen atoms in total. The molecule has 0 fully saturated rings. The first-order valence-corrected chi connectivity index (χ1v) is 4.78. The Hall–Kier alpha value is -1.56. The van der Waals surface area contributed by atoms with E-state index in [9.17, 15) is 14.7 Å². The molecule has 1 rings (SSSR count). The summed E-state index contributed by atoms with van der Waals surface area (Å²) in [6.45, 7) is -0.449. The van der Waals surface area contributed by atoms with E-state index in [0.29, 0.717) is 4.47 Å². The van der Waals surface area contributed by atoms with E-state index >= 15 is 0 Å². The molecule has 0 radical (unpaired) electrons. The predicted molar refractivity (Wildman–Crippen MR) is 55.8 cm³/mol. The molecule has 15 heavy (non-hydrogen) atoms. The van der Waals surface area contributed by atoms with Gasteiger partial charge in [-0.3, -0.25) is 9.59 Å². The Morgan fingerprint density at radius 2 is 2.07 bits per heavy atom. The van der Waals surface area contributed by atoms with Crippen molar-refractivity contribution in [3.63, 3.8) is 0 Å². The maximum Gasteiger partial charge on any atom is 0.322 e. The molecule has 0 aliphatic rings. The molecule has 0 aliphatic heterocycles. The number of carbonyl (C=O) groups is 2. The lowest BCUT2D eigenvalue weighted by atomic mass is 10.2. The van der Waals surface area contributed by atoms with E-state index < -0.39 is 18.4 Å². The Balaban J connectivity index is 2.74. The average molecular weight is 274 g/mol. The van der Waals surface area contributed by atoms with Gasteiger partial charge in [-0.25, -0.2) is 0 Å². The smallest absolute Gasteiger partial charge is 0.322 e. The SMILES string of the molecule is O=C(O)CNC(=O)c1ccc(Br)c(O)c1. The van der Waals surface area contributed by atoms with Crippen LogP contribution in [0.15, 0.2) is 22.7 Å². The number of rotatable bonds is 3. The number of aromatic hydroxyl groups is 1. The molecule has 0 spiro atoms. The van der Waals surface area contributed by atoms with Crippen molar-refractivity contribution in [3.05, 3.63) is 28.2 Å². The highest BCUT2D eigenvalue weighted by Gasteiger charge is 2.08. The number of halogens is 1. The first-order valence-electron chi connectivity index (χ1n) is 3.99. The van der Waals surface area contributed by atoms with Crippen LogP contribution >= 0.6 is 15.9 Å². The number of carboxylic acid groups (broad SMARTS) is 1. The van der Waals surface area contributed by atoms with Gasteiger partial charge in [0.2, 0.25) is 0 Å². The molecule has 1 amide bonds. The summed E-state index contributed by atoms with van der Waals surface area (Å²) < 4.78 is 0.470. The van der Waals surface area contributed by atoms with Crippen LogP contribution in [0.4, 0.5) is 0 Å².